The second kappa shape index (κ2) is 7.80. The Kier molecular flexibility index (Phi) is 5.19. The Balaban J connectivity index is 1.21. The number of halogens is 5. The summed E-state index contributed by atoms with van der Waals surface area (Å²) < 4.78 is 66.8. The molecular weight excluding hydrogens is 453 g/mol. The van der Waals surface area contributed by atoms with Gasteiger partial charge in [-0.15, -0.1) is 0 Å². The largest absolute Gasteiger partial charge is 0.433 e. The topological polar surface area (TPSA) is 63.0 Å². The molecule has 0 saturated carbocycles. The highest BCUT2D eigenvalue weighted by Gasteiger charge is 2.48. The van der Waals surface area contributed by atoms with Crippen molar-refractivity contribution in [3.8, 4) is 0 Å². The summed E-state index contributed by atoms with van der Waals surface area (Å²) in [5, 5.41) is 3.94. The highest BCUT2D eigenvalue weighted by Crippen LogP contribution is 2.45. The quantitative estimate of drug-likeness (QED) is 0.415. The lowest BCUT2D eigenvalue weighted by atomic mass is 9.81. The van der Waals surface area contributed by atoms with E-state index < -0.39 is 24.8 Å². The molecule has 0 aromatic carbocycles. The Morgan fingerprint density at radius 3 is 2.56 bits per heavy atom. The number of anilines is 1. The van der Waals surface area contributed by atoms with E-state index >= 15 is 0 Å². The van der Waals surface area contributed by atoms with Gasteiger partial charge in [0.1, 0.15) is 23.6 Å². The van der Waals surface area contributed by atoms with Gasteiger partial charge < -0.3 is 4.90 Å². The lowest BCUT2D eigenvalue weighted by Crippen LogP contribution is -2.54. The first-order valence-electron chi connectivity index (χ1n) is 9.89. The molecule has 2 fully saturated rings. The Labute approximate surface area is 183 Å². The first-order valence-corrected chi connectivity index (χ1v) is 10.7. The number of alkyl halides is 5. The summed E-state index contributed by atoms with van der Waals surface area (Å²) in [6.45, 7) is 2.56. The van der Waals surface area contributed by atoms with Crippen molar-refractivity contribution in [2.75, 3.05) is 31.1 Å². The molecule has 2 aliphatic rings. The first kappa shape index (κ1) is 21.3. The minimum absolute atomic E-state index is 0.0617. The van der Waals surface area contributed by atoms with E-state index in [1.54, 1.807) is 6.20 Å². The van der Waals surface area contributed by atoms with Crippen molar-refractivity contribution in [3.05, 3.63) is 36.4 Å². The fraction of sp³-hybridized carbons (Fsp3) is 0.474. The molecule has 5 heterocycles. The molecule has 0 unspecified atom stereocenters. The monoisotopic (exact) mass is 471 g/mol. The molecule has 0 radical (unpaired) electrons. The average molecular weight is 471 g/mol. The molecule has 1 spiro atoms. The van der Waals surface area contributed by atoms with Crippen molar-refractivity contribution < 1.29 is 22.0 Å². The summed E-state index contributed by atoms with van der Waals surface area (Å²) in [6, 6.07) is 2.42. The predicted octanol–water partition coefficient (Wildman–Crippen LogP) is 3.72. The third-order valence-corrected chi connectivity index (χ3v) is 6.66. The van der Waals surface area contributed by atoms with Gasteiger partial charge in [0.2, 0.25) is 0 Å². The highest BCUT2D eigenvalue weighted by molar-refractivity contribution is 7.97. The fourth-order valence-corrected chi connectivity index (χ4v) is 5.37. The van der Waals surface area contributed by atoms with Crippen LogP contribution in [0.1, 0.15) is 12.1 Å². The number of hydrogen-bond donors (Lipinski definition) is 0. The van der Waals surface area contributed by atoms with E-state index in [0.717, 1.165) is 38.7 Å². The second-order valence-electron chi connectivity index (χ2n) is 8.09. The van der Waals surface area contributed by atoms with E-state index in [1.807, 2.05) is 0 Å². The van der Waals surface area contributed by atoms with Crippen LogP contribution in [0.15, 0.2) is 35.6 Å². The number of nitrogens with zero attached hydrogens (tertiary/aromatic N) is 7. The molecule has 5 rings (SSSR count). The van der Waals surface area contributed by atoms with Crippen LogP contribution in [0.25, 0.3) is 11.2 Å². The van der Waals surface area contributed by atoms with Crippen LogP contribution in [0.4, 0.5) is 27.8 Å². The van der Waals surface area contributed by atoms with Crippen molar-refractivity contribution in [1.29, 1.82) is 0 Å². The molecule has 0 bridgehead atoms. The zero-order valence-corrected chi connectivity index (χ0v) is 17.5. The molecule has 3 aromatic heterocycles. The zero-order valence-electron chi connectivity index (χ0n) is 16.6. The summed E-state index contributed by atoms with van der Waals surface area (Å²) >= 11 is 1.39. The number of fused-ring (bicyclic) bond motifs is 1. The SMILES string of the molecule is FC(F)Cn1ncc2ncc(N3CCC4(CN(Sc5ccc(C(F)(F)F)nc5)C4)C3)nc21. The molecule has 2 aliphatic heterocycles. The average Bonchev–Trinajstić information content (AvgIpc) is 3.32. The van der Waals surface area contributed by atoms with Crippen LogP contribution in [0.5, 0.6) is 0 Å². The third-order valence-electron chi connectivity index (χ3n) is 5.69. The molecule has 0 N–H and O–H groups in total. The first-order chi connectivity index (χ1) is 15.2. The van der Waals surface area contributed by atoms with E-state index in [2.05, 4.69) is 29.3 Å². The van der Waals surface area contributed by atoms with Crippen LogP contribution in [0.2, 0.25) is 0 Å². The maximum absolute atomic E-state index is 12.8. The Hall–Kier alpha value is -2.54. The standard InChI is InChI=1S/C19H18F5N7S/c20-15(21)8-31-17-13(6-27-31)25-7-16(28-17)29-4-3-18(9-29)10-30(11-18)32-12-1-2-14(26-5-12)19(22,23)24/h1-2,5-7,15H,3-4,8-11H2. The van der Waals surface area contributed by atoms with Gasteiger partial charge in [0, 0.05) is 42.7 Å². The van der Waals surface area contributed by atoms with Crippen LogP contribution in [0.3, 0.4) is 0 Å². The second-order valence-corrected chi connectivity index (χ2v) is 9.26. The molecule has 3 aromatic rings. The summed E-state index contributed by atoms with van der Waals surface area (Å²) in [6.07, 6.45) is -1.73. The molecule has 7 nitrogen and oxygen atoms in total. The maximum Gasteiger partial charge on any atom is 0.433 e. The Bertz CT molecular complexity index is 1110. The van der Waals surface area contributed by atoms with Crippen molar-refractivity contribution >= 4 is 28.9 Å². The molecule has 32 heavy (non-hydrogen) atoms. The number of aromatic nitrogens is 5. The van der Waals surface area contributed by atoms with Gasteiger partial charge in [-0.1, -0.05) is 0 Å². The molecular formula is C19H18F5N7S. The summed E-state index contributed by atoms with van der Waals surface area (Å²) in [5.41, 5.74) is -0.0306. The van der Waals surface area contributed by atoms with E-state index in [4.69, 9.17) is 0 Å². The number of hydrogen-bond acceptors (Lipinski definition) is 7. The molecule has 0 atom stereocenters. The van der Waals surface area contributed by atoms with Crippen LogP contribution in [-0.2, 0) is 12.7 Å². The fourth-order valence-electron chi connectivity index (χ4n) is 4.16. The molecule has 0 aliphatic carbocycles. The minimum Gasteiger partial charge on any atom is -0.355 e. The molecule has 0 amide bonds. The molecule has 2 saturated heterocycles. The van der Waals surface area contributed by atoms with Crippen molar-refractivity contribution in [2.24, 2.45) is 5.41 Å². The highest BCUT2D eigenvalue weighted by atomic mass is 32.2. The minimum atomic E-state index is -4.44. The summed E-state index contributed by atoms with van der Waals surface area (Å²) in [7, 11) is 0. The third kappa shape index (κ3) is 4.10. The normalized spacial score (nSPS) is 18.8. The predicted molar refractivity (Wildman–Crippen MR) is 107 cm³/mol. The van der Waals surface area contributed by atoms with E-state index in [0.29, 0.717) is 21.9 Å². The Morgan fingerprint density at radius 1 is 1.06 bits per heavy atom. The van der Waals surface area contributed by atoms with Gasteiger partial charge in [-0.05, 0) is 30.5 Å². The van der Waals surface area contributed by atoms with Gasteiger partial charge >= 0.3 is 6.18 Å². The van der Waals surface area contributed by atoms with Crippen LogP contribution in [0, 0.1) is 5.41 Å². The van der Waals surface area contributed by atoms with E-state index in [1.165, 1.54) is 35.1 Å². The maximum atomic E-state index is 12.8. The van der Waals surface area contributed by atoms with Gasteiger partial charge in [-0.2, -0.15) is 18.3 Å². The smallest absolute Gasteiger partial charge is 0.355 e. The Morgan fingerprint density at radius 2 is 1.88 bits per heavy atom. The van der Waals surface area contributed by atoms with Crippen molar-refractivity contribution in [1.82, 2.24) is 29.0 Å². The zero-order chi connectivity index (χ0) is 22.5. The van der Waals surface area contributed by atoms with Crippen LogP contribution >= 0.6 is 11.9 Å². The van der Waals surface area contributed by atoms with Crippen molar-refractivity contribution in [3.63, 3.8) is 0 Å². The van der Waals surface area contributed by atoms with Crippen LogP contribution in [-0.4, -0.2) is 61.6 Å². The molecule has 13 heteroatoms. The van der Waals surface area contributed by atoms with Gasteiger partial charge in [-0.3, -0.25) is 4.98 Å². The lowest BCUT2D eigenvalue weighted by molar-refractivity contribution is -0.141. The summed E-state index contributed by atoms with van der Waals surface area (Å²) in [4.78, 5) is 15.1. The van der Waals surface area contributed by atoms with Crippen molar-refractivity contribution in [2.45, 2.75) is 30.5 Å². The van der Waals surface area contributed by atoms with E-state index in [-0.39, 0.29) is 5.41 Å². The summed E-state index contributed by atoms with van der Waals surface area (Å²) in [5.74, 6) is 0.628. The van der Waals surface area contributed by atoms with E-state index in [9.17, 15) is 22.0 Å². The van der Waals surface area contributed by atoms with Gasteiger partial charge in [0.25, 0.3) is 6.43 Å². The van der Waals surface area contributed by atoms with Gasteiger partial charge in [-0.25, -0.2) is 27.7 Å². The molecule has 170 valence electrons. The van der Waals surface area contributed by atoms with Crippen LogP contribution < -0.4 is 4.90 Å². The van der Waals surface area contributed by atoms with Gasteiger partial charge in [0.15, 0.2) is 5.65 Å². The lowest BCUT2D eigenvalue weighted by Gasteiger charge is -2.47. The van der Waals surface area contributed by atoms with Gasteiger partial charge in [0.05, 0.1) is 12.4 Å². The number of rotatable bonds is 5. The number of pyridine rings is 1.